The Balaban J connectivity index is 0. The van der Waals surface area contributed by atoms with Gasteiger partial charge in [0.15, 0.2) is 0 Å². The molecule has 21 heavy (non-hydrogen) atoms. The van der Waals surface area contributed by atoms with Gasteiger partial charge in [-0.15, -0.1) is 0 Å². The predicted molar refractivity (Wildman–Crippen MR) is 91.3 cm³/mol. The third kappa shape index (κ3) is 10.6. The van der Waals surface area contributed by atoms with E-state index in [1.54, 1.807) is 11.8 Å². The molecule has 0 unspecified atom stereocenters. The van der Waals surface area contributed by atoms with Crippen molar-refractivity contribution in [2.75, 3.05) is 18.1 Å². The van der Waals surface area contributed by atoms with E-state index in [1.165, 1.54) is 0 Å². The molecule has 0 saturated carbocycles. The monoisotopic (exact) mass is 319 g/mol. The van der Waals surface area contributed by atoms with E-state index in [-0.39, 0.29) is 22.7 Å². The smallest absolute Gasteiger partial charge is 0.311 e. The van der Waals surface area contributed by atoms with Crippen LogP contribution in [0.1, 0.15) is 61.3 Å². The highest BCUT2D eigenvalue weighted by Gasteiger charge is 2.26. The molecule has 0 bridgehead atoms. The first-order valence-corrected chi connectivity index (χ1v) is 8.75. The van der Waals surface area contributed by atoms with E-state index >= 15 is 0 Å². The second-order valence-electron chi connectivity index (χ2n) is 6.17. The molecule has 0 radical (unpaired) electrons. The van der Waals surface area contributed by atoms with E-state index in [0.29, 0.717) is 6.61 Å². The van der Waals surface area contributed by atoms with E-state index in [9.17, 15) is 9.59 Å². The molecule has 0 aromatic heterocycles. The predicted octanol–water partition coefficient (Wildman–Crippen LogP) is 3.63. The molecule has 126 valence electrons. The van der Waals surface area contributed by atoms with Gasteiger partial charge >= 0.3 is 5.97 Å². The van der Waals surface area contributed by atoms with Crippen LogP contribution in [0.15, 0.2) is 0 Å². The first-order valence-electron chi connectivity index (χ1n) is 7.60. The van der Waals surface area contributed by atoms with E-state index in [1.807, 2.05) is 41.5 Å². The molecule has 0 saturated heterocycles. The first-order chi connectivity index (χ1) is 9.55. The van der Waals surface area contributed by atoms with E-state index in [4.69, 9.17) is 10.5 Å². The highest BCUT2D eigenvalue weighted by Crippen LogP contribution is 2.21. The van der Waals surface area contributed by atoms with Crippen molar-refractivity contribution in [3.63, 3.8) is 0 Å². The third-order valence-electron chi connectivity index (χ3n) is 3.65. The second kappa shape index (κ2) is 10.9. The normalized spacial score (nSPS) is 11.4. The molecule has 0 aliphatic carbocycles. The topological polar surface area (TPSA) is 69.4 Å². The van der Waals surface area contributed by atoms with E-state index < -0.39 is 0 Å². The van der Waals surface area contributed by atoms with Crippen molar-refractivity contribution in [2.24, 2.45) is 16.6 Å². The molecule has 0 aliphatic heterocycles. The van der Waals surface area contributed by atoms with Gasteiger partial charge in [-0.1, -0.05) is 34.6 Å². The van der Waals surface area contributed by atoms with Crippen molar-refractivity contribution in [2.45, 2.75) is 61.3 Å². The summed E-state index contributed by atoms with van der Waals surface area (Å²) in [6.07, 6.45) is 1.63. The molecule has 0 heterocycles. The highest BCUT2D eigenvalue weighted by molar-refractivity contribution is 7.99. The average Bonchev–Trinajstić information content (AvgIpc) is 2.43. The number of carbonyl (C=O) groups is 2. The van der Waals surface area contributed by atoms with Crippen LogP contribution in [0.4, 0.5) is 0 Å². The van der Waals surface area contributed by atoms with Crippen LogP contribution in [0.3, 0.4) is 0 Å². The molecule has 2 N–H and O–H groups in total. The molecule has 5 heteroatoms. The van der Waals surface area contributed by atoms with Gasteiger partial charge < -0.3 is 10.5 Å². The number of thioether (sulfide) groups is 1. The van der Waals surface area contributed by atoms with Crippen LogP contribution in [0.5, 0.6) is 0 Å². The SMILES string of the molecule is CCC(C)(C)C(N)=O.CCSCCOC(=O)C(C)(C)CC. The lowest BCUT2D eigenvalue weighted by Gasteiger charge is -2.20. The van der Waals surface area contributed by atoms with Crippen LogP contribution in [-0.2, 0) is 14.3 Å². The van der Waals surface area contributed by atoms with E-state index in [2.05, 4.69) is 6.92 Å². The summed E-state index contributed by atoms with van der Waals surface area (Å²) in [4.78, 5) is 21.9. The summed E-state index contributed by atoms with van der Waals surface area (Å²) in [5, 5.41) is 0. The zero-order chi connectivity index (χ0) is 17.1. The lowest BCUT2D eigenvalue weighted by Crippen LogP contribution is -2.30. The summed E-state index contributed by atoms with van der Waals surface area (Å²) in [6, 6.07) is 0. The third-order valence-corrected chi connectivity index (χ3v) is 4.52. The van der Waals surface area contributed by atoms with Gasteiger partial charge in [-0.25, -0.2) is 0 Å². The summed E-state index contributed by atoms with van der Waals surface area (Å²) >= 11 is 1.79. The fourth-order valence-corrected chi connectivity index (χ4v) is 1.34. The van der Waals surface area contributed by atoms with Crippen LogP contribution in [0.2, 0.25) is 0 Å². The van der Waals surface area contributed by atoms with Crippen LogP contribution < -0.4 is 5.73 Å². The van der Waals surface area contributed by atoms with Crippen LogP contribution in [-0.4, -0.2) is 30.0 Å². The lowest BCUT2D eigenvalue weighted by molar-refractivity contribution is -0.153. The quantitative estimate of drug-likeness (QED) is 0.548. The highest BCUT2D eigenvalue weighted by atomic mass is 32.2. The zero-order valence-corrected chi connectivity index (χ0v) is 15.6. The van der Waals surface area contributed by atoms with Crippen molar-refractivity contribution < 1.29 is 14.3 Å². The van der Waals surface area contributed by atoms with Crippen molar-refractivity contribution in [1.82, 2.24) is 0 Å². The Morgan fingerprint density at radius 3 is 1.76 bits per heavy atom. The maximum atomic E-state index is 11.4. The molecule has 1 amide bonds. The van der Waals surface area contributed by atoms with Gasteiger partial charge in [0.05, 0.1) is 5.41 Å². The van der Waals surface area contributed by atoms with Gasteiger partial charge in [0.1, 0.15) is 6.61 Å². The Hall–Kier alpha value is -0.710. The fraction of sp³-hybridized carbons (Fsp3) is 0.875. The summed E-state index contributed by atoms with van der Waals surface area (Å²) in [7, 11) is 0. The first kappa shape index (κ1) is 22.6. The van der Waals surface area contributed by atoms with Gasteiger partial charge in [-0.05, 0) is 32.4 Å². The van der Waals surface area contributed by atoms with Gasteiger partial charge in [0, 0.05) is 11.2 Å². The minimum atomic E-state index is -0.323. The molecule has 0 atom stereocenters. The average molecular weight is 320 g/mol. The summed E-state index contributed by atoms with van der Waals surface area (Å²) in [6.45, 7) is 14.1. The van der Waals surface area contributed by atoms with Gasteiger partial charge in [0.2, 0.25) is 5.91 Å². The number of carbonyl (C=O) groups excluding carboxylic acids is 2. The number of amides is 1. The van der Waals surface area contributed by atoms with Gasteiger partial charge in [0.25, 0.3) is 0 Å². The number of nitrogens with two attached hydrogens (primary N) is 1. The van der Waals surface area contributed by atoms with Crippen molar-refractivity contribution in [1.29, 1.82) is 0 Å². The number of rotatable bonds is 8. The summed E-state index contributed by atoms with van der Waals surface area (Å²) in [5.74, 6) is 1.68. The molecular formula is C16H33NO3S. The number of hydrogen-bond donors (Lipinski definition) is 1. The lowest BCUT2D eigenvalue weighted by atomic mass is 9.90. The van der Waals surface area contributed by atoms with Crippen LogP contribution in [0, 0.1) is 10.8 Å². The maximum absolute atomic E-state index is 11.4. The maximum Gasteiger partial charge on any atom is 0.311 e. The van der Waals surface area contributed by atoms with Gasteiger partial charge in [-0.3, -0.25) is 9.59 Å². The molecule has 0 aromatic rings. The Morgan fingerprint density at radius 1 is 1.00 bits per heavy atom. The Kier molecular flexibility index (Phi) is 11.8. The number of ether oxygens (including phenoxy) is 1. The molecule has 0 rings (SSSR count). The molecule has 0 aliphatic rings. The number of esters is 1. The van der Waals surface area contributed by atoms with Crippen molar-refractivity contribution >= 4 is 23.6 Å². The van der Waals surface area contributed by atoms with Gasteiger partial charge in [-0.2, -0.15) is 11.8 Å². The largest absolute Gasteiger partial charge is 0.464 e. The Bertz CT molecular complexity index is 315. The summed E-state index contributed by atoms with van der Waals surface area (Å²) < 4.78 is 5.14. The zero-order valence-electron chi connectivity index (χ0n) is 14.7. The van der Waals surface area contributed by atoms with E-state index in [0.717, 1.165) is 24.3 Å². The molecule has 4 nitrogen and oxygen atoms in total. The fourth-order valence-electron chi connectivity index (χ4n) is 0.852. The van der Waals surface area contributed by atoms with Crippen molar-refractivity contribution in [3.05, 3.63) is 0 Å². The van der Waals surface area contributed by atoms with Crippen LogP contribution in [0.25, 0.3) is 0 Å². The molecule has 0 spiro atoms. The Morgan fingerprint density at radius 2 is 1.48 bits per heavy atom. The van der Waals surface area contributed by atoms with Crippen LogP contribution >= 0.6 is 11.8 Å². The Labute approximate surface area is 134 Å². The standard InChI is InChI=1S/C10H20O2S.C6H13NO/c1-5-10(3,4)9(11)12-7-8-13-6-2;1-4-6(2,3)5(7)8/h5-8H2,1-4H3;4H2,1-3H3,(H2,7,8). The molecule has 0 aromatic carbocycles. The number of hydrogen-bond acceptors (Lipinski definition) is 4. The minimum Gasteiger partial charge on any atom is -0.464 e. The summed E-state index contributed by atoms with van der Waals surface area (Å²) in [5.41, 5.74) is 4.40. The molecular weight excluding hydrogens is 286 g/mol. The minimum absolute atomic E-state index is 0.0771. The van der Waals surface area contributed by atoms with Crippen molar-refractivity contribution in [3.8, 4) is 0 Å². The number of primary amides is 1. The molecule has 0 fully saturated rings. The second-order valence-corrected chi connectivity index (χ2v) is 7.57.